The molecule has 0 aliphatic carbocycles. The first-order valence-corrected chi connectivity index (χ1v) is 11.2. The van der Waals surface area contributed by atoms with Crippen LogP contribution in [-0.4, -0.2) is 45.8 Å². The summed E-state index contributed by atoms with van der Waals surface area (Å²) in [6, 6.07) is 18.4. The summed E-state index contributed by atoms with van der Waals surface area (Å²) in [6.45, 7) is 2.25. The van der Waals surface area contributed by atoms with Gasteiger partial charge in [0.2, 0.25) is 5.75 Å². The van der Waals surface area contributed by atoms with Crippen LogP contribution in [0.3, 0.4) is 0 Å². The Morgan fingerprint density at radius 3 is 2.29 bits per heavy atom. The zero-order chi connectivity index (χ0) is 24.9. The van der Waals surface area contributed by atoms with Gasteiger partial charge in [-0.25, -0.2) is 0 Å². The molecule has 1 aliphatic heterocycles. The second kappa shape index (κ2) is 10.4. The summed E-state index contributed by atoms with van der Waals surface area (Å²) in [5.74, 6) is 1.25. The maximum atomic E-state index is 13.0. The molecule has 0 saturated heterocycles. The number of ether oxygens (including phenoxy) is 4. The monoisotopic (exact) mass is 476 g/mol. The Morgan fingerprint density at radius 1 is 0.971 bits per heavy atom. The second-order valence-electron chi connectivity index (χ2n) is 8.04. The number of methoxy groups -OCH3 is 3. The Balaban J connectivity index is 1.56. The average molecular weight is 477 g/mol. The normalized spacial score (nSPS) is 14.6. The van der Waals surface area contributed by atoms with Gasteiger partial charge in [0.15, 0.2) is 17.6 Å². The highest BCUT2D eigenvalue weighted by molar-refractivity contribution is 6.06. The van der Waals surface area contributed by atoms with Gasteiger partial charge in [-0.15, -0.1) is 0 Å². The van der Waals surface area contributed by atoms with Gasteiger partial charge >= 0.3 is 0 Å². The number of carbonyl (C=O) groups excluding carboxylic acids is 2. The molecule has 182 valence electrons. The molecule has 0 bridgehead atoms. The number of fused-ring (bicyclic) bond motifs is 1. The first-order valence-electron chi connectivity index (χ1n) is 11.2. The molecule has 0 spiro atoms. The highest BCUT2D eigenvalue weighted by atomic mass is 16.5. The largest absolute Gasteiger partial charge is 0.493 e. The fourth-order valence-electron chi connectivity index (χ4n) is 4.02. The summed E-state index contributed by atoms with van der Waals surface area (Å²) in [5.41, 5.74) is 2.70. The number of anilines is 2. The number of nitrogens with zero attached hydrogens (tertiary/aromatic N) is 1. The van der Waals surface area contributed by atoms with E-state index in [1.165, 1.54) is 21.3 Å². The predicted molar refractivity (Wildman–Crippen MR) is 133 cm³/mol. The van der Waals surface area contributed by atoms with Crippen LogP contribution in [0.1, 0.15) is 22.8 Å². The lowest BCUT2D eigenvalue weighted by molar-refractivity contribution is -0.125. The van der Waals surface area contributed by atoms with E-state index in [2.05, 4.69) is 5.32 Å². The van der Waals surface area contributed by atoms with E-state index in [-0.39, 0.29) is 11.8 Å². The molecule has 8 nitrogen and oxygen atoms in total. The zero-order valence-corrected chi connectivity index (χ0v) is 20.2. The van der Waals surface area contributed by atoms with Crippen LogP contribution in [0.4, 0.5) is 11.4 Å². The molecule has 8 heteroatoms. The Hall–Kier alpha value is -4.20. The second-order valence-corrected chi connectivity index (χ2v) is 8.04. The van der Waals surface area contributed by atoms with Crippen LogP contribution in [-0.2, 0) is 11.2 Å². The van der Waals surface area contributed by atoms with Gasteiger partial charge in [-0.1, -0.05) is 30.3 Å². The van der Waals surface area contributed by atoms with E-state index in [0.717, 1.165) is 12.0 Å². The minimum absolute atomic E-state index is 0.0948. The number of hydrogen-bond acceptors (Lipinski definition) is 6. The molecular formula is C27H28N2O6. The van der Waals surface area contributed by atoms with Crippen LogP contribution >= 0.6 is 0 Å². The first kappa shape index (κ1) is 23.9. The van der Waals surface area contributed by atoms with Crippen LogP contribution in [0, 0.1) is 0 Å². The molecule has 0 radical (unpaired) electrons. The molecule has 1 unspecified atom stereocenters. The molecule has 0 aromatic heterocycles. The number of rotatable bonds is 8. The van der Waals surface area contributed by atoms with Gasteiger partial charge in [0.1, 0.15) is 5.75 Å². The van der Waals surface area contributed by atoms with Crippen molar-refractivity contribution in [2.24, 2.45) is 0 Å². The lowest BCUT2D eigenvalue weighted by Gasteiger charge is -2.33. The summed E-state index contributed by atoms with van der Waals surface area (Å²) < 4.78 is 21.9. The van der Waals surface area contributed by atoms with E-state index in [4.69, 9.17) is 18.9 Å². The van der Waals surface area contributed by atoms with Crippen molar-refractivity contribution in [2.75, 3.05) is 38.1 Å². The molecular weight excluding hydrogens is 448 g/mol. The van der Waals surface area contributed by atoms with E-state index in [9.17, 15) is 9.59 Å². The van der Waals surface area contributed by atoms with Crippen molar-refractivity contribution < 1.29 is 28.5 Å². The van der Waals surface area contributed by atoms with Crippen molar-refractivity contribution in [1.82, 2.24) is 0 Å². The first-order chi connectivity index (χ1) is 16.9. The van der Waals surface area contributed by atoms with Crippen LogP contribution in [0.5, 0.6) is 23.0 Å². The highest BCUT2D eigenvalue weighted by Gasteiger charge is 2.31. The Morgan fingerprint density at radius 2 is 1.66 bits per heavy atom. The summed E-state index contributed by atoms with van der Waals surface area (Å²) in [4.78, 5) is 27.6. The Bertz CT molecular complexity index is 1200. The Labute approximate surface area is 204 Å². The average Bonchev–Trinajstić information content (AvgIpc) is 2.88. The minimum Gasteiger partial charge on any atom is -0.493 e. The molecule has 4 rings (SSSR count). The van der Waals surface area contributed by atoms with Crippen molar-refractivity contribution in [3.05, 3.63) is 71.8 Å². The third-order valence-corrected chi connectivity index (χ3v) is 5.82. The van der Waals surface area contributed by atoms with E-state index >= 15 is 0 Å². The summed E-state index contributed by atoms with van der Waals surface area (Å²) in [7, 11) is 4.49. The number of carbonyl (C=O) groups is 2. The number of nitrogens with one attached hydrogen (secondary N) is 1. The Kier molecular flexibility index (Phi) is 7.10. The van der Waals surface area contributed by atoms with Gasteiger partial charge in [0.25, 0.3) is 11.8 Å². The maximum Gasteiger partial charge on any atom is 0.267 e. The maximum absolute atomic E-state index is 13.0. The molecule has 2 amide bonds. The molecule has 3 aromatic carbocycles. The highest BCUT2D eigenvalue weighted by Crippen LogP contribution is 2.39. The minimum atomic E-state index is -0.626. The van der Waals surface area contributed by atoms with Crippen molar-refractivity contribution >= 4 is 23.2 Å². The topological polar surface area (TPSA) is 86.3 Å². The number of benzene rings is 3. The summed E-state index contributed by atoms with van der Waals surface area (Å²) in [5, 5.41) is 2.87. The predicted octanol–water partition coefficient (Wildman–Crippen LogP) is 4.32. The molecule has 35 heavy (non-hydrogen) atoms. The third-order valence-electron chi connectivity index (χ3n) is 5.82. The molecule has 0 saturated carbocycles. The quantitative estimate of drug-likeness (QED) is 0.521. The van der Waals surface area contributed by atoms with Gasteiger partial charge in [-0.3, -0.25) is 9.59 Å². The van der Waals surface area contributed by atoms with E-state index in [1.807, 2.05) is 30.3 Å². The van der Waals surface area contributed by atoms with Crippen LogP contribution in [0.15, 0.2) is 60.7 Å². The SMILES string of the molecule is COc1cc(C(=O)Nc2ccc3c(c2)OC(C)C(=O)N3CCc2ccccc2)cc(OC)c1OC. The van der Waals surface area contributed by atoms with Gasteiger partial charge in [-0.05, 0) is 43.2 Å². The summed E-state index contributed by atoms with van der Waals surface area (Å²) >= 11 is 0. The third kappa shape index (κ3) is 5.01. The molecule has 1 N–H and O–H groups in total. The fraction of sp³-hybridized carbons (Fsp3) is 0.259. The molecule has 1 atom stereocenters. The van der Waals surface area contributed by atoms with Crippen LogP contribution < -0.4 is 29.2 Å². The van der Waals surface area contributed by atoms with Gasteiger partial charge in [0.05, 0.1) is 27.0 Å². The van der Waals surface area contributed by atoms with Gasteiger partial charge in [0, 0.05) is 23.9 Å². The molecule has 0 fully saturated rings. The molecule has 3 aromatic rings. The standard InChI is InChI=1S/C27H28N2O6/c1-17-27(31)29(13-12-18-8-6-5-7-9-18)21-11-10-20(16-22(21)35-17)28-26(30)19-14-23(32-2)25(34-4)24(15-19)33-3/h5-11,14-17H,12-13H2,1-4H3,(H,28,30). The van der Waals surface area contributed by atoms with Crippen LogP contribution in [0.25, 0.3) is 0 Å². The smallest absolute Gasteiger partial charge is 0.267 e. The zero-order valence-electron chi connectivity index (χ0n) is 20.2. The molecule has 1 aliphatic rings. The van der Waals surface area contributed by atoms with E-state index in [1.54, 1.807) is 42.2 Å². The van der Waals surface area contributed by atoms with Gasteiger partial charge < -0.3 is 29.2 Å². The van der Waals surface area contributed by atoms with E-state index < -0.39 is 6.10 Å². The van der Waals surface area contributed by atoms with Crippen LogP contribution in [0.2, 0.25) is 0 Å². The number of hydrogen-bond donors (Lipinski definition) is 1. The van der Waals surface area contributed by atoms with E-state index in [0.29, 0.717) is 46.5 Å². The van der Waals surface area contributed by atoms with Crippen molar-refractivity contribution in [2.45, 2.75) is 19.4 Å². The number of amides is 2. The fourth-order valence-corrected chi connectivity index (χ4v) is 4.02. The molecule has 1 heterocycles. The summed E-state index contributed by atoms with van der Waals surface area (Å²) in [6.07, 6.45) is 0.0950. The van der Waals surface area contributed by atoms with Crippen molar-refractivity contribution in [3.63, 3.8) is 0 Å². The van der Waals surface area contributed by atoms with Crippen molar-refractivity contribution in [1.29, 1.82) is 0 Å². The van der Waals surface area contributed by atoms with Crippen molar-refractivity contribution in [3.8, 4) is 23.0 Å². The lowest BCUT2D eigenvalue weighted by Crippen LogP contribution is -2.45. The van der Waals surface area contributed by atoms with Gasteiger partial charge in [-0.2, -0.15) is 0 Å². The lowest BCUT2D eigenvalue weighted by atomic mass is 10.1.